The highest BCUT2D eigenvalue weighted by molar-refractivity contribution is 9.10. The number of halogens is 1. The van der Waals surface area contributed by atoms with Crippen LogP contribution in [-0.4, -0.2) is 51.9 Å². The predicted octanol–water partition coefficient (Wildman–Crippen LogP) is 3.33. The van der Waals surface area contributed by atoms with Crippen LogP contribution >= 0.6 is 15.9 Å². The molecule has 1 amide bonds. The van der Waals surface area contributed by atoms with Gasteiger partial charge in [0.05, 0.1) is 0 Å². The first-order valence-corrected chi connectivity index (χ1v) is 10.3. The Hall–Kier alpha value is -1.67. The minimum atomic E-state index is -0.0657. The van der Waals surface area contributed by atoms with Crippen molar-refractivity contribution in [3.8, 4) is 0 Å². The van der Waals surface area contributed by atoms with E-state index in [2.05, 4.69) is 44.5 Å². The Bertz CT molecular complexity index is 809. The zero-order valence-electron chi connectivity index (χ0n) is 15.7. The van der Waals surface area contributed by atoms with E-state index < -0.39 is 0 Å². The van der Waals surface area contributed by atoms with Crippen molar-refractivity contribution in [1.29, 1.82) is 0 Å². The van der Waals surface area contributed by atoms with E-state index in [-0.39, 0.29) is 17.2 Å². The standard InChI is InChI=1S/C19H25BrN4O3/c1-13(2)9-24-12-21-22-17(24)14-10-23(11-19(14)5-7-26-8-6-19)18(25)15-3-4-16(20)27-15/h3-4,12-14H,5-11H2,1-2H3. The number of aromatic nitrogens is 3. The molecule has 2 fully saturated rings. The van der Waals surface area contributed by atoms with Crippen LogP contribution in [0.25, 0.3) is 0 Å². The third kappa shape index (κ3) is 3.57. The molecule has 0 aliphatic carbocycles. The lowest BCUT2D eigenvalue weighted by atomic mass is 9.71. The Morgan fingerprint density at radius 1 is 1.37 bits per heavy atom. The Kier molecular flexibility index (Phi) is 5.11. The van der Waals surface area contributed by atoms with Gasteiger partial charge in [0.15, 0.2) is 10.4 Å². The van der Waals surface area contributed by atoms with Crippen molar-refractivity contribution in [2.24, 2.45) is 11.3 Å². The van der Waals surface area contributed by atoms with Gasteiger partial charge in [-0.3, -0.25) is 4.79 Å². The summed E-state index contributed by atoms with van der Waals surface area (Å²) in [5.74, 6) is 1.95. The first kappa shape index (κ1) is 18.7. The average Bonchev–Trinajstić information content (AvgIpc) is 3.34. The molecule has 4 rings (SSSR count). The van der Waals surface area contributed by atoms with Crippen molar-refractivity contribution in [2.75, 3.05) is 26.3 Å². The van der Waals surface area contributed by atoms with Crippen molar-refractivity contribution >= 4 is 21.8 Å². The van der Waals surface area contributed by atoms with Crippen LogP contribution in [0.2, 0.25) is 0 Å². The number of carbonyl (C=O) groups is 1. The molecular weight excluding hydrogens is 412 g/mol. The summed E-state index contributed by atoms with van der Waals surface area (Å²) in [6.45, 7) is 8.04. The Morgan fingerprint density at radius 2 is 2.15 bits per heavy atom. The number of nitrogens with zero attached hydrogens (tertiary/aromatic N) is 4. The van der Waals surface area contributed by atoms with Gasteiger partial charge in [0.2, 0.25) is 0 Å². The fourth-order valence-corrected chi connectivity index (χ4v) is 4.72. The zero-order valence-corrected chi connectivity index (χ0v) is 17.3. The summed E-state index contributed by atoms with van der Waals surface area (Å²) in [5.41, 5.74) is -0.0144. The van der Waals surface area contributed by atoms with Gasteiger partial charge < -0.3 is 18.6 Å². The van der Waals surface area contributed by atoms with Crippen LogP contribution in [0.3, 0.4) is 0 Å². The SMILES string of the molecule is CC(C)Cn1cnnc1C1CN(C(=O)c2ccc(Br)o2)CC12CCOCC2. The second-order valence-corrected chi connectivity index (χ2v) is 8.83. The van der Waals surface area contributed by atoms with Crippen molar-refractivity contribution in [3.05, 3.63) is 34.7 Å². The van der Waals surface area contributed by atoms with Crippen LogP contribution in [-0.2, 0) is 11.3 Å². The highest BCUT2D eigenvalue weighted by Gasteiger charge is 2.51. The molecular formula is C19H25BrN4O3. The highest BCUT2D eigenvalue weighted by atomic mass is 79.9. The lowest BCUT2D eigenvalue weighted by Gasteiger charge is -2.37. The van der Waals surface area contributed by atoms with Gasteiger partial charge in [0, 0.05) is 44.2 Å². The molecule has 1 unspecified atom stereocenters. The molecule has 27 heavy (non-hydrogen) atoms. The van der Waals surface area contributed by atoms with Crippen LogP contribution in [0.15, 0.2) is 27.5 Å². The molecule has 2 aromatic rings. The first-order valence-electron chi connectivity index (χ1n) is 9.48. The highest BCUT2D eigenvalue weighted by Crippen LogP contribution is 2.49. The average molecular weight is 437 g/mol. The van der Waals surface area contributed by atoms with E-state index in [0.29, 0.717) is 29.4 Å². The normalized spacial score (nSPS) is 22.1. The van der Waals surface area contributed by atoms with E-state index >= 15 is 0 Å². The summed E-state index contributed by atoms with van der Waals surface area (Å²) in [6, 6.07) is 3.47. The minimum Gasteiger partial charge on any atom is -0.444 e. The maximum Gasteiger partial charge on any atom is 0.289 e. The second kappa shape index (κ2) is 7.39. The van der Waals surface area contributed by atoms with Crippen molar-refractivity contribution < 1.29 is 13.9 Å². The van der Waals surface area contributed by atoms with Gasteiger partial charge in [0.25, 0.3) is 5.91 Å². The van der Waals surface area contributed by atoms with Crippen molar-refractivity contribution in [1.82, 2.24) is 19.7 Å². The van der Waals surface area contributed by atoms with Crippen LogP contribution < -0.4 is 0 Å². The van der Waals surface area contributed by atoms with E-state index in [1.807, 2.05) is 11.2 Å². The number of furan rings is 1. The third-order valence-electron chi connectivity index (χ3n) is 5.73. The maximum atomic E-state index is 13.0. The van der Waals surface area contributed by atoms with Crippen LogP contribution in [0.1, 0.15) is 49.0 Å². The third-order valence-corrected chi connectivity index (χ3v) is 6.15. The number of hydrogen-bond donors (Lipinski definition) is 0. The minimum absolute atomic E-state index is 0.0144. The lowest BCUT2D eigenvalue weighted by Crippen LogP contribution is -2.37. The van der Waals surface area contributed by atoms with Gasteiger partial charge in [-0.15, -0.1) is 10.2 Å². The fraction of sp³-hybridized carbons (Fsp3) is 0.632. The lowest BCUT2D eigenvalue weighted by molar-refractivity contribution is 0.0105. The molecule has 146 valence electrons. The predicted molar refractivity (Wildman–Crippen MR) is 102 cm³/mol. The molecule has 0 radical (unpaired) electrons. The monoisotopic (exact) mass is 436 g/mol. The van der Waals surface area contributed by atoms with E-state index in [0.717, 1.165) is 38.4 Å². The number of likely N-dealkylation sites (tertiary alicyclic amines) is 1. The number of ether oxygens (including phenoxy) is 1. The summed E-state index contributed by atoms with van der Waals surface area (Å²) in [4.78, 5) is 14.9. The second-order valence-electron chi connectivity index (χ2n) is 8.05. The maximum absolute atomic E-state index is 13.0. The number of hydrogen-bond acceptors (Lipinski definition) is 5. The Morgan fingerprint density at radius 3 is 2.81 bits per heavy atom. The quantitative estimate of drug-likeness (QED) is 0.734. The first-order chi connectivity index (χ1) is 13.0. The number of amides is 1. The largest absolute Gasteiger partial charge is 0.444 e. The summed E-state index contributed by atoms with van der Waals surface area (Å²) in [5, 5.41) is 8.66. The summed E-state index contributed by atoms with van der Waals surface area (Å²) < 4.78 is 13.9. The molecule has 0 bridgehead atoms. The van der Waals surface area contributed by atoms with Crippen LogP contribution in [0, 0.1) is 11.3 Å². The van der Waals surface area contributed by atoms with Gasteiger partial charge in [-0.25, -0.2) is 0 Å². The smallest absolute Gasteiger partial charge is 0.289 e. The van der Waals surface area contributed by atoms with Gasteiger partial charge in [-0.1, -0.05) is 13.8 Å². The van der Waals surface area contributed by atoms with Gasteiger partial charge >= 0.3 is 0 Å². The van der Waals surface area contributed by atoms with E-state index in [9.17, 15) is 4.79 Å². The van der Waals surface area contributed by atoms with Gasteiger partial charge in [-0.05, 0) is 46.8 Å². The molecule has 0 saturated carbocycles. The molecule has 2 saturated heterocycles. The summed E-state index contributed by atoms with van der Waals surface area (Å²) in [7, 11) is 0. The van der Waals surface area contributed by atoms with E-state index in [4.69, 9.17) is 9.15 Å². The molecule has 2 aromatic heterocycles. The van der Waals surface area contributed by atoms with Crippen LogP contribution in [0.5, 0.6) is 0 Å². The van der Waals surface area contributed by atoms with Gasteiger partial charge in [-0.2, -0.15) is 0 Å². The number of carbonyl (C=O) groups excluding carboxylic acids is 1. The molecule has 1 spiro atoms. The van der Waals surface area contributed by atoms with E-state index in [1.165, 1.54) is 0 Å². The molecule has 2 aliphatic heterocycles. The summed E-state index contributed by atoms with van der Waals surface area (Å²) >= 11 is 3.28. The molecule has 7 nitrogen and oxygen atoms in total. The summed E-state index contributed by atoms with van der Waals surface area (Å²) in [6.07, 6.45) is 3.67. The Balaban J connectivity index is 1.65. The molecule has 4 heterocycles. The topological polar surface area (TPSA) is 73.4 Å². The zero-order chi connectivity index (χ0) is 19.0. The Labute approximate surface area is 167 Å². The fourth-order valence-electron chi connectivity index (χ4n) is 4.42. The molecule has 2 aliphatic rings. The molecule has 8 heteroatoms. The van der Waals surface area contributed by atoms with Crippen molar-refractivity contribution in [2.45, 2.75) is 39.2 Å². The van der Waals surface area contributed by atoms with Gasteiger partial charge in [0.1, 0.15) is 12.2 Å². The molecule has 0 N–H and O–H groups in total. The molecule has 1 atom stereocenters. The number of rotatable bonds is 4. The molecule has 0 aromatic carbocycles. The van der Waals surface area contributed by atoms with E-state index in [1.54, 1.807) is 12.1 Å². The van der Waals surface area contributed by atoms with Crippen LogP contribution in [0.4, 0.5) is 0 Å². The van der Waals surface area contributed by atoms with Crippen molar-refractivity contribution in [3.63, 3.8) is 0 Å².